The van der Waals surface area contributed by atoms with Crippen LogP contribution in [0.15, 0.2) is 18.2 Å². The Morgan fingerprint density at radius 2 is 1.96 bits per heavy atom. The van der Waals surface area contributed by atoms with E-state index in [0.29, 0.717) is 38.0 Å². The van der Waals surface area contributed by atoms with E-state index in [1.807, 2.05) is 11.0 Å². The molecule has 2 fully saturated rings. The molecule has 2 aliphatic heterocycles. The second-order valence-corrected chi connectivity index (χ2v) is 6.76. The van der Waals surface area contributed by atoms with Gasteiger partial charge in [0, 0.05) is 38.6 Å². The number of aryl methyl sites for hydroxylation is 1. The van der Waals surface area contributed by atoms with Gasteiger partial charge >= 0.3 is 0 Å². The molecule has 0 bridgehead atoms. The Labute approximate surface area is 141 Å². The minimum absolute atomic E-state index is 0.00612. The number of carbonyl (C=O) groups excluding carboxylic acids is 2. The first-order valence-electron chi connectivity index (χ1n) is 8.57. The Kier molecular flexibility index (Phi) is 5.14. The van der Waals surface area contributed by atoms with E-state index in [1.165, 1.54) is 6.07 Å². The highest BCUT2D eigenvalue weighted by molar-refractivity contribution is 5.81. The predicted molar refractivity (Wildman–Crippen MR) is 88.6 cm³/mol. The number of amides is 2. The van der Waals surface area contributed by atoms with Crippen LogP contribution in [0.1, 0.15) is 24.0 Å². The van der Waals surface area contributed by atoms with Crippen LogP contribution in [0.25, 0.3) is 0 Å². The van der Waals surface area contributed by atoms with E-state index in [0.717, 1.165) is 18.7 Å². The summed E-state index contributed by atoms with van der Waals surface area (Å²) in [6.45, 7) is 4.88. The number of hydrogen-bond donors (Lipinski definition) is 2. The zero-order valence-corrected chi connectivity index (χ0v) is 14.0. The molecule has 2 aliphatic rings. The Morgan fingerprint density at radius 1 is 1.25 bits per heavy atom. The minimum atomic E-state index is -0.251. The van der Waals surface area contributed by atoms with E-state index in [4.69, 9.17) is 0 Å². The Balaban J connectivity index is 1.44. The third-order valence-electron chi connectivity index (χ3n) is 5.01. The van der Waals surface area contributed by atoms with Crippen LogP contribution in [0.4, 0.5) is 4.39 Å². The summed E-state index contributed by atoms with van der Waals surface area (Å²) in [6, 6.07) is 5.01. The van der Waals surface area contributed by atoms with Gasteiger partial charge in [0.1, 0.15) is 5.82 Å². The maximum Gasteiger partial charge on any atom is 0.228 e. The molecule has 0 aliphatic carbocycles. The Bertz CT molecular complexity index is 623. The van der Waals surface area contributed by atoms with Crippen molar-refractivity contribution in [2.45, 2.75) is 26.3 Å². The molecule has 2 heterocycles. The molecule has 0 aromatic heterocycles. The summed E-state index contributed by atoms with van der Waals surface area (Å²) in [5.41, 5.74) is 1.36. The number of halogens is 1. The zero-order valence-electron chi connectivity index (χ0n) is 14.0. The van der Waals surface area contributed by atoms with Crippen LogP contribution in [0, 0.1) is 24.6 Å². The van der Waals surface area contributed by atoms with Gasteiger partial charge in [0.15, 0.2) is 0 Å². The number of nitrogens with zero attached hydrogens (tertiary/aromatic N) is 1. The topological polar surface area (TPSA) is 61.4 Å². The standard InChI is InChI=1S/C18H24FN3O2/c1-12-2-3-13(8-16(12)19)9-21-17(23)14-4-6-22(7-5-14)18(24)15-10-20-11-15/h2-3,8,14-15,20H,4-7,9-11H2,1H3,(H,21,23). The van der Waals surface area contributed by atoms with Crippen LogP contribution in [0.3, 0.4) is 0 Å². The monoisotopic (exact) mass is 333 g/mol. The molecule has 6 heteroatoms. The summed E-state index contributed by atoms with van der Waals surface area (Å²) in [5, 5.41) is 6.00. The quantitative estimate of drug-likeness (QED) is 0.871. The average molecular weight is 333 g/mol. The summed E-state index contributed by atoms with van der Waals surface area (Å²) < 4.78 is 13.5. The highest BCUT2D eigenvalue weighted by atomic mass is 19.1. The molecule has 0 spiro atoms. The number of hydrogen-bond acceptors (Lipinski definition) is 3. The van der Waals surface area contributed by atoms with Crippen LogP contribution < -0.4 is 10.6 Å². The third-order valence-corrected chi connectivity index (χ3v) is 5.01. The lowest BCUT2D eigenvalue weighted by molar-refractivity contribution is -0.140. The largest absolute Gasteiger partial charge is 0.352 e. The van der Waals surface area contributed by atoms with Crippen molar-refractivity contribution in [3.63, 3.8) is 0 Å². The predicted octanol–water partition coefficient (Wildman–Crippen LogP) is 1.21. The molecule has 0 unspecified atom stereocenters. The van der Waals surface area contributed by atoms with E-state index in [1.54, 1.807) is 13.0 Å². The van der Waals surface area contributed by atoms with Gasteiger partial charge in [0.2, 0.25) is 11.8 Å². The number of rotatable bonds is 4. The van der Waals surface area contributed by atoms with Crippen molar-refractivity contribution < 1.29 is 14.0 Å². The van der Waals surface area contributed by atoms with Gasteiger partial charge in [0.05, 0.1) is 5.92 Å². The number of piperidine rings is 1. The summed E-state index contributed by atoms with van der Waals surface area (Å²) >= 11 is 0. The second-order valence-electron chi connectivity index (χ2n) is 6.76. The van der Waals surface area contributed by atoms with Crippen LogP contribution in [0.5, 0.6) is 0 Å². The van der Waals surface area contributed by atoms with Gasteiger partial charge in [0.25, 0.3) is 0 Å². The number of likely N-dealkylation sites (tertiary alicyclic amines) is 1. The molecule has 0 atom stereocenters. The summed E-state index contributed by atoms with van der Waals surface area (Å²) in [7, 11) is 0. The fraction of sp³-hybridized carbons (Fsp3) is 0.556. The number of nitrogens with one attached hydrogen (secondary N) is 2. The van der Waals surface area contributed by atoms with Crippen LogP contribution >= 0.6 is 0 Å². The van der Waals surface area contributed by atoms with Crippen molar-refractivity contribution in [3.8, 4) is 0 Å². The van der Waals surface area contributed by atoms with Crippen LogP contribution in [-0.2, 0) is 16.1 Å². The third kappa shape index (κ3) is 3.75. The van der Waals surface area contributed by atoms with Gasteiger partial charge in [-0.25, -0.2) is 4.39 Å². The van der Waals surface area contributed by atoms with Crippen molar-refractivity contribution in [1.82, 2.24) is 15.5 Å². The lowest BCUT2D eigenvalue weighted by atomic mass is 9.93. The van der Waals surface area contributed by atoms with Crippen molar-refractivity contribution >= 4 is 11.8 Å². The molecule has 1 aromatic carbocycles. The van der Waals surface area contributed by atoms with Crippen LogP contribution in [-0.4, -0.2) is 42.9 Å². The van der Waals surface area contributed by atoms with Crippen molar-refractivity contribution in [1.29, 1.82) is 0 Å². The van der Waals surface area contributed by atoms with Gasteiger partial charge in [-0.05, 0) is 37.0 Å². The minimum Gasteiger partial charge on any atom is -0.352 e. The first-order chi connectivity index (χ1) is 11.5. The normalized spacial score (nSPS) is 19.0. The molecule has 2 amide bonds. The number of benzene rings is 1. The second kappa shape index (κ2) is 7.30. The van der Waals surface area contributed by atoms with E-state index in [-0.39, 0.29) is 29.5 Å². The van der Waals surface area contributed by atoms with Crippen molar-refractivity contribution in [3.05, 3.63) is 35.1 Å². The molecule has 1 aromatic rings. The molecule has 0 radical (unpaired) electrons. The molecule has 5 nitrogen and oxygen atoms in total. The fourth-order valence-corrected chi connectivity index (χ4v) is 3.16. The van der Waals surface area contributed by atoms with E-state index < -0.39 is 0 Å². The smallest absolute Gasteiger partial charge is 0.228 e. The maximum atomic E-state index is 13.5. The zero-order chi connectivity index (χ0) is 17.1. The highest BCUT2D eigenvalue weighted by Crippen LogP contribution is 2.20. The lowest BCUT2D eigenvalue weighted by Crippen LogP contribution is -2.54. The molecule has 2 saturated heterocycles. The SMILES string of the molecule is Cc1ccc(CNC(=O)C2CCN(C(=O)C3CNC3)CC2)cc1F. The fourth-order valence-electron chi connectivity index (χ4n) is 3.16. The summed E-state index contributed by atoms with van der Waals surface area (Å²) in [6.07, 6.45) is 1.39. The Morgan fingerprint density at radius 3 is 2.54 bits per heavy atom. The summed E-state index contributed by atoms with van der Waals surface area (Å²) in [4.78, 5) is 26.3. The van der Waals surface area contributed by atoms with E-state index in [9.17, 15) is 14.0 Å². The van der Waals surface area contributed by atoms with E-state index >= 15 is 0 Å². The molecule has 0 saturated carbocycles. The number of carbonyl (C=O) groups is 2. The molecular formula is C18H24FN3O2. The van der Waals surface area contributed by atoms with Crippen molar-refractivity contribution in [2.24, 2.45) is 11.8 Å². The van der Waals surface area contributed by atoms with Gasteiger partial charge in [-0.1, -0.05) is 12.1 Å². The summed E-state index contributed by atoms with van der Waals surface area (Å²) in [5.74, 6) is 0.00542. The van der Waals surface area contributed by atoms with Gasteiger partial charge in [-0.3, -0.25) is 9.59 Å². The molecule has 3 rings (SSSR count). The molecular weight excluding hydrogens is 309 g/mol. The average Bonchev–Trinajstić information content (AvgIpc) is 2.54. The first-order valence-corrected chi connectivity index (χ1v) is 8.57. The van der Waals surface area contributed by atoms with Gasteiger partial charge in [-0.2, -0.15) is 0 Å². The van der Waals surface area contributed by atoms with Crippen molar-refractivity contribution in [2.75, 3.05) is 26.2 Å². The first kappa shape index (κ1) is 16.9. The maximum absolute atomic E-state index is 13.5. The molecule has 130 valence electrons. The highest BCUT2D eigenvalue weighted by Gasteiger charge is 2.33. The lowest BCUT2D eigenvalue weighted by Gasteiger charge is -2.36. The molecule has 2 N–H and O–H groups in total. The van der Waals surface area contributed by atoms with Gasteiger partial charge < -0.3 is 15.5 Å². The molecule has 24 heavy (non-hydrogen) atoms. The van der Waals surface area contributed by atoms with Gasteiger partial charge in [-0.15, -0.1) is 0 Å². The van der Waals surface area contributed by atoms with Crippen LogP contribution in [0.2, 0.25) is 0 Å². The Hall–Kier alpha value is -1.95. The van der Waals surface area contributed by atoms with E-state index in [2.05, 4.69) is 10.6 Å².